The fourth-order valence-electron chi connectivity index (χ4n) is 2.18. The first-order valence-corrected chi connectivity index (χ1v) is 5.70. The van der Waals surface area contributed by atoms with Crippen molar-refractivity contribution in [3.63, 3.8) is 0 Å². The monoisotopic (exact) mass is 222 g/mol. The Morgan fingerprint density at radius 3 is 3.12 bits per heavy atom. The molecule has 4 nitrogen and oxygen atoms in total. The van der Waals surface area contributed by atoms with Crippen molar-refractivity contribution in [2.45, 2.75) is 25.4 Å². The molecule has 2 rings (SSSR count). The highest BCUT2D eigenvalue weighted by molar-refractivity contribution is 5.26. The Hall–Kier alpha value is -1.29. The number of nitrogens with zero attached hydrogens (tertiary/aromatic N) is 1. The van der Waals surface area contributed by atoms with E-state index in [1.165, 1.54) is 12.8 Å². The third kappa shape index (κ3) is 2.44. The van der Waals surface area contributed by atoms with Gasteiger partial charge in [0.15, 0.2) is 0 Å². The first kappa shape index (κ1) is 11.2. The molecule has 4 heteroatoms. The van der Waals surface area contributed by atoms with Crippen LogP contribution in [-0.2, 0) is 0 Å². The van der Waals surface area contributed by atoms with Crippen LogP contribution in [0.5, 0.6) is 11.6 Å². The maximum atomic E-state index is 5.92. The summed E-state index contributed by atoms with van der Waals surface area (Å²) in [6, 6.07) is 3.67. The van der Waals surface area contributed by atoms with Crippen LogP contribution in [0.3, 0.4) is 0 Å². The van der Waals surface area contributed by atoms with Gasteiger partial charge in [0.25, 0.3) is 0 Å². The van der Waals surface area contributed by atoms with Gasteiger partial charge in [0.2, 0.25) is 5.88 Å². The minimum Gasteiger partial charge on any atom is -0.490 e. The Labute approximate surface area is 95.8 Å². The minimum atomic E-state index is 0.247. The molecule has 88 valence electrons. The van der Waals surface area contributed by atoms with E-state index < -0.39 is 0 Å². The van der Waals surface area contributed by atoms with Gasteiger partial charge in [0.1, 0.15) is 11.9 Å². The number of pyridine rings is 1. The quantitative estimate of drug-likeness (QED) is 0.840. The lowest BCUT2D eigenvalue weighted by Crippen LogP contribution is -2.27. The van der Waals surface area contributed by atoms with Crippen LogP contribution in [-0.4, -0.2) is 24.7 Å². The normalized spacial score (nSPS) is 24.4. The van der Waals surface area contributed by atoms with E-state index in [1.807, 2.05) is 12.1 Å². The summed E-state index contributed by atoms with van der Waals surface area (Å²) < 4.78 is 11.0. The Morgan fingerprint density at radius 2 is 2.38 bits per heavy atom. The van der Waals surface area contributed by atoms with Gasteiger partial charge >= 0.3 is 0 Å². The average Bonchev–Trinajstić information content (AvgIpc) is 2.76. The largest absolute Gasteiger partial charge is 0.490 e. The van der Waals surface area contributed by atoms with Gasteiger partial charge in [-0.05, 0) is 31.9 Å². The predicted octanol–water partition coefficient (Wildman–Crippen LogP) is 1.60. The SMILES string of the molecule is COc1cc(OC2CCCC2CN)ccn1. The summed E-state index contributed by atoms with van der Waals surface area (Å²) >= 11 is 0. The molecule has 2 N–H and O–H groups in total. The zero-order valence-corrected chi connectivity index (χ0v) is 9.56. The average molecular weight is 222 g/mol. The van der Waals surface area contributed by atoms with Gasteiger partial charge in [-0.3, -0.25) is 0 Å². The number of methoxy groups -OCH3 is 1. The van der Waals surface area contributed by atoms with Crippen LogP contribution in [0, 0.1) is 5.92 Å². The summed E-state index contributed by atoms with van der Waals surface area (Å²) in [5.74, 6) is 1.89. The molecule has 0 bridgehead atoms. The molecule has 1 aliphatic rings. The first-order valence-electron chi connectivity index (χ1n) is 5.70. The standard InChI is InChI=1S/C12H18N2O2/c1-15-12-7-10(5-6-14-12)16-11-4-2-3-9(11)8-13/h5-7,9,11H,2-4,8,13H2,1H3. The molecule has 16 heavy (non-hydrogen) atoms. The van der Waals surface area contributed by atoms with Crippen molar-refractivity contribution >= 4 is 0 Å². The maximum Gasteiger partial charge on any atom is 0.216 e. The zero-order valence-electron chi connectivity index (χ0n) is 9.56. The van der Waals surface area contributed by atoms with E-state index in [9.17, 15) is 0 Å². The second kappa shape index (κ2) is 5.16. The predicted molar refractivity (Wildman–Crippen MR) is 61.6 cm³/mol. The van der Waals surface area contributed by atoms with E-state index in [1.54, 1.807) is 13.3 Å². The van der Waals surface area contributed by atoms with E-state index in [4.69, 9.17) is 15.2 Å². The van der Waals surface area contributed by atoms with Gasteiger partial charge in [-0.2, -0.15) is 0 Å². The number of ether oxygens (including phenoxy) is 2. The summed E-state index contributed by atoms with van der Waals surface area (Å²) in [7, 11) is 1.60. The summed E-state index contributed by atoms with van der Waals surface area (Å²) in [6.45, 7) is 0.701. The minimum absolute atomic E-state index is 0.247. The van der Waals surface area contributed by atoms with Crippen LogP contribution in [0.15, 0.2) is 18.3 Å². The molecule has 1 aromatic heterocycles. The lowest BCUT2D eigenvalue weighted by atomic mass is 10.1. The first-order chi connectivity index (χ1) is 7.83. The van der Waals surface area contributed by atoms with Gasteiger partial charge in [0, 0.05) is 18.2 Å². The van der Waals surface area contributed by atoms with Crippen molar-refractivity contribution in [1.82, 2.24) is 4.98 Å². The molecule has 1 heterocycles. The third-order valence-electron chi connectivity index (χ3n) is 3.09. The van der Waals surface area contributed by atoms with Crippen molar-refractivity contribution < 1.29 is 9.47 Å². The molecule has 1 aliphatic carbocycles. The van der Waals surface area contributed by atoms with Crippen molar-refractivity contribution in [3.05, 3.63) is 18.3 Å². The molecular weight excluding hydrogens is 204 g/mol. The van der Waals surface area contributed by atoms with Crippen LogP contribution in [0.1, 0.15) is 19.3 Å². The zero-order chi connectivity index (χ0) is 11.4. The second-order valence-electron chi connectivity index (χ2n) is 4.12. The topological polar surface area (TPSA) is 57.4 Å². The lowest BCUT2D eigenvalue weighted by molar-refractivity contribution is 0.161. The molecule has 2 unspecified atom stereocenters. The van der Waals surface area contributed by atoms with E-state index in [2.05, 4.69) is 4.98 Å². The summed E-state index contributed by atoms with van der Waals surface area (Å²) in [4.78, 5) is 4.04. The second-order valence-corrected chi connectivity index (χ2v) is 4.12. The van der Waals surface area contributed by atoms with Crippen LogP contribution >= 0.6 is 0 Å². The van der Waals surface area contributed by atoms with E-state index >= 15 is 0 Å². The van der Waals surface area contributed by atoms with Crippen LogP contribution in [0.25, 0.3) is 0 Å². The molecule has 0 amide bonds. The van der Waals surface area contributed by atoms with Crippen molar-refractivity contribution in [2.24, 2.45) is 11.7 Å². The third-order valence-corrected chi connectivity index (χ3v) is 3.09. The molecule has 0 aromatic carbocycles. The Balaban J connectivity index is 2.02. The molecule has 0 saturated heterocycles. The number of hydrogen-bond donors (Lipinski definition) is 1. The van der Waals surface area contributed by atoms with E-state index in [0.29, 0.717) is 18.3 Å². The van der Waals surface area contributed by atoms with Crippen LogP contribution in [0.2, 0.25) is 0 Å². The molecule has 1 aromatic rings. The summed E-state index contributed by atoms with van der Waals surface area (Å²) in [5.41, 5.74) is 5.72. The van der Waals surface area contributed by atoms with Crippen molar-refractivity contribution in [2.75, 3.05) is 13.7 Å². The van der Waals surface area contributed by atoms with Gasteiger partial charge < -0.3 is 15.2 Å². The Bertz CT molecular complexity index is 344. The van der Waals surface area contributed by atoms with E-state index in [-0.39, 0.29) is 6.10 Å². The Morgan fingerprint density at radius 1 is 1.50 bits per heavy atom. The molecule has 0 aliphatic heterocycles. The molecule has 0 radical (unpaired) electrons. The number of nitrogens with two attached hydrogens (primary N) is 1. The summed E-state index contributed by atoms with van der Waals surface area (Å²) in [6.07, 6.45) is 5.41. The fourth-order valence-corrected chi connectivity index (χ4v) is 2.18. The van der Waals surface area contributed by atoms with E-state index in [0.717, 1.165) is 12.2 Å². The number of hydrogen-bond acceptors (Lipinski definition) is 4. The molecule has 0 spiro atoms. The van der Waals surface area contributed by atoms with Gasteiger partial charge in [0.05, 0.1) is 7.11 Å². The van der Waals surface area contributed by atoms with Crippen LogP contribution < -0.4 is 15.2 Å². The maximum absolute atomic E-state index is 5.92. The Kier molecular flexibility index (Phi) is 3.62. The van der Waals surface area contributed by atoms with Gasteiger partial charge in [-0.25, -0.2) is 4.98 Å². The highest BCUT2D eigenvalue weighted by atomic mass is 16.5. The number of rotatable bonds is 4. The molecule has 1 fully saturated rings. The summed E-state index contributed by atoms with van der Waals surface area (Å²) in [5, 5.41) is 0. The van der Waals surface area contributed by atoms with Gasteiger partial charge in [-0.15, -0.1) is 0 Å². The molecule has 2 atom stereocenters. The van der Waals surface area contributed by atoms with Crippen molar-refractivity contribution in [3.8, 4) is 11.6 Å². The molecular formula is C12H18N2O2. The highest BCUT2D eigenvalue weighted by Gasteiger charge is 2.27. The fraction of sp³-hybridized carbons (Fsp3) is 0.583. The smallest absolute Gasteiger partial charge is 0.216 e. The number of aromatic nitrogens is 1. The molecule has 1 saturated carbocycles. The van der Waals surface area contributed by atoms with Crippen molar-refractivity contribution in [1.29, 1.82) is 0 Å². The van der Waals surface area contributed by atoms with Crippen LogP contribution in [0.4, 0.5) is 0 Å². The lowest BCUT2D eigenvalue weighted by Gasteiger charge is -2.19. The highest BCUT2D eigenvalue weighted by Crippen LogP contribution is 2.29. The van der Waals surface area contributed by atoms with Gasteiger partial charge in [-0.1, -0.05) is 0 Å².